The highest BCUT2D eigenvalue weighted by Crippen LogP contribution is 2.39. The van der Waals surface area contributed by atoms with Crippen LogP contribution >= 0.6 is 11.8 Å². The Labute approximate surface area is 239 Å². The van der Waals surface area contributed by atoms with Gasteiger partial charge in [-0.2, -0.15) is 13.2 Å². The Bertz CT molecular complexity index is 1480. The van der Waals surface area contributed by atoms with Gasteiger partial charge in [0, 0.05) is 42.7 Å². The predicted octanol–water partition coefficient (Wildman–Crippen LogP) is 4.76. The Kier molecular flexibility index (Phi) is 8.51. The van der Waals surface area contributed by atoms with Crippen LogP contribution in [0.3, 0.4) is 0 Å². The van der Waals surface area contributed by atoms with E-state index in [1.54, 1.807) is 30.3 Å². The van der Waals surface area contributed by atoms with E-state index in [1.165, 1.54) is 17.7 Å². The molecule has 1 aliphatic heterocycles. The summed E-state index contributed by atoms with van der Waals surface area (Å²) in [5.74, 6) is 5.85. The first-order valence-electron chi connectivity index (χ1n) is 13.2. The Morgan fingerprint density at radius 2 is 2.02 bits per heavy atom. The van der Waals surface area contributed by atoms with E-state index >= 15 is 0 Å². The summed E-state index contributed by atoms with van der Waals surface area (Å²) in [7, 11) is 3.33. The number of hydrogen-bond acceptors (Lipinski definition) is 7. The van der Waals surface area contributed by atoms with Crippen molar-refractivity contribution in [2.45, 2.75) is 48.1 Å². The van der Waals surface area contributed by atoms with Crippen molar-refractivity contribution in [1.29, 1.82) is 0 Å². The van der Waals surface area contributed by atoms with Crippen LogP contribution < -0.4 is 20.7 Å². The van der Waals surface area contributed by atoms with Gasteiger partial charge in [-0.25, -0.2) is 9.37 Å². The number of likely N-dealkylation sites (tertiary alicyclic amines) is 1. The van der Waals surface area contributed by atoms with E-state index in [0.29, 0.717) is 35.7 Å². The standard InChI is InChI=1S/C28H30F4N6O2S/c1-37-14-11-20(19(29)16-37)35-22-6-4-13-38-25(22)36-23(27(38)41-28(30,31)32)5-3-12-33-21-10-7-17(15-24(21)40-2)26(39)34-18-8-9-18/h4,6-7,10,13,15,18-20,33,35H,8-9,11-12,14,16H2,1-2H3,(H,34,39)/t19-,20+/m0/s1. The molecule has 13 heteroatoms. The van der Waals surface area contributed by atoms with E-state index in [1.807, 2.05) is 11.9 Å². The number of thioether (sulfide) groups is 1. The molecule has 8 nitrogen and oxygen atoms in total. The van der Waals surface area contributed by atoms with E-state index in [4.69, 9.17) is 4.74 Å². The smallest absolute Gasteiger partial charge is 0.447 e. The summed E-state index contributed by atoms with van der Waals surface area (Å²) in [6.45, 7) is 1.06. The molecular formula is C28H30F4N6O2S. The monoisotopic (exact) mass is 590 g/mol. The summed E-state index contributed by atoms with van der Waals surface area (Å²) in [6, 6.07) is 7.99. The number of anilines is 2. The minimum absolute atomic E-state index is 0.0392. The van der Waals surface area contributed by atoms with Crippen LogP contribution in [-0.2, 0) is 0 Å². The van der Waals surface area contributed by atoms with E-state index in [2.05, 4.69) is 32.8 Å². The molecule has 2 atom stereocenters. The topological polar surface area (TPSA) is 82.9 Å². The highest BCUT2D eigenvalue weighted by Gasteiger charge is 2.34. The average Bonchev–Trinajstić information content (AvgIpc) is 3.68. The van der Waals surface area contributed by atoms with Crippen molar-refractivity contribution in [3.8, 4) is 17.6 Å². The molecule has 3 N–H and O–H groups in total. The number of alkyl halides is 4. The second-order valence-corrected chi connectivity index (χ2v) is 11.1. The van der Waals surface area contributed by atoms with E-state index in [9.17, 15) is 22.4 Å². The third kappa shape index (κ3) is 7.18. The van der Waals surface area contributed by atoms with Gasteiger partial charge in [-0.15, -0.1) is 0 Å². The summed E-state index contributed by atoms with van der Waals surface area (Å²) in [6.07, 6.45) is 2.86. The molecule has 3 aromatic rings. The molecule has 2 aromatic heterocycles. The first-order chi connectivity index (χ1) is 19.6. The quantitative estimate of drug-likeness (QED) is 0.198. The number of rotatable bonds is 8. The molecule has 0 unspecified atom stereocenters. The summed E-state index contributed by atoms with van der Waals surface area (Å²) in [5, 5.41) is 8.97. The maximum Gasteiger partial charge on any atom is 0.447 e. The number of ether oxygens (including phenoxy) is 1. The highest BCUT2D eigenvalue weighted by atomic mass is 32.2. The van der Waals surface area contributed by atoms with Crippen LogP contribution in [0, 0.1) is 11.8 Å². The number of piperidine rings is 1. The van der Waals surface area contributed by atoms with Gasteiger partial charge in [-0.3, -0.25) is 9.20 Å². The number of fused-ring (bicyclic) bond motifs is 1. The third-order valence-corrected chi connectivity index (χ3v) is 7.67. The molecule has 218 valence electrons. The van der Waals surface area contributed by atoms with Crippen LogP contribution in [0.25, 0.3) is 5.65 Å². The van der Waals surface area contributed by atoms with Crippen LogP contribution in [0.4, 0.5) is 28.9 Å². The molecule has 2 aliphatic rings. The summed E-state index contributed by atoms with van der Waals surface area (Å²) in [5.41, 5.74) is -2.88. The summed E-state index contributed by atoms with van der Waals surface area (Å²) >= 11 is -0.296. The molecule has 0 bridgehead atoms. The number of amides is 1. The maximum atomic E-state index is 14.7. The molecule has 41 heavy (non-hydrogen) atoms. The number of nitrogens with zero attached hydrogens (tertiary/aromatic N) is 3. The Balaban J connectivity index is 1.35. The second-order valence-electron chi connectivity index (χ2n) is 10.1. The van der Waals surface area contributed by atoms with Gasteiger partial charge in [-0.05, 0) is 62.6 Å². The number of nitrogens with one attached hydrogen (secondary N) is 3. The fourth-order valence-corrected chi connectivity index (χ4v) is 5.27. The number of halogens is 4. The Morgan fingerprint density at radius 3 is 2.73 bits per heavy atom. The lowest BCUT2D eigenvalue weighted by atomic mass is 10.0. The van der Waals surface area contributed by atoms with Crippen molar-refractivity contribution in [2.24, 2.45) is 0 Å². The minimum Gasteiger partial charge on any atom is -0.495 e. The zero-order valence-electron chi connectivity index (χ0n) is 22.5. The Morgan fingerprint density at radius 1 is 1.22 bits per heavy atom. The van der Waals surface area contributed by atoms with Crippen molar-refractivity contribution in [1.82, 2.24) is 19.6 Å². The zero-order chi connectivity index (χ0) is 29.1. The van der Waals surface area contributed by atoms with Crippen LogP contribution in [0.2, 0.25) is 0 Å². The molecule has 3 heterocycles. The van der Waals surface area contributed by atoms with Crippen LogP contribution in [0.5, 0.6) is 5.75 Å². The number of aromatic nitrogens is 2. The normalized spacial score (nSPS) is 19.4. The first-order valence-corrected chi connectivity index (χ1v) is 14.0. The lowest BCUT2D eigenvalue weighted by Gasteiger charge is -2.33. The molecule has 2 fully saturated rings. The van der Waals surface area contributed by atoms with Crippen molar-refractivity contribution in [2.75, 3.05) is 44.4 Å². The van der Waals surface area contributed by atoms with Gasteiger partial charge in [0.25, 0.3) is 5.91 Å². The molecule has 1 saturated heterocycles. The summed E-state index contributed by atoms with van der Waals surface area (Å²) in [4.78, 5) is 18.6. The van der Waals surface area contributed by atoms with E-state index in [-0.39, 0.29) is 53.2 Å². The number of methoxy groups -OCH3 is 1. The third-order valence-electron chi connectivity index (χ3n) is 6.85. The van der Waals surface area contributed by atoms with E-state index in [0.717, 1.165) is 12.8 Å². The van der Waals surface area contributed by atoms with Crippen molar-refractivity contribution in [3.05, 3.63) is 47.8 Å². The first kappa shape index (κ1) is 28.9. The van der Waals surface area contributed by atoms with Gasteiger partial charge < -0.3 is 25.6 Å². The molecular weight excluding hydrogens is 560 g/mol. The van der Waals surface area contributed by atoms with Crippen molar-refractivity contribution >= 4 is 34.7 Å². The summed E-state index contributed by atoms with van der Waals surface area (Å²) < 4.78 is 61.9. The highest BCUT2D eigenvalue weighted by molar-refractivity contribution is 8.00. The molecule has 1 saturated carbocycles. The number of hydrogen-bond donors (Lipinski definition) is 3. The number of pyridine rings is 1. The van der Waals surface area contributed by atoms with Gasteiger partial charge in [0.2, 0.25) is 0 Å². The van der Waals surface area contributed by atoms with Gasteiger partial charge in [-0.1, -0.05) is 5.92 Å². The van der Waals surface area contributed by atoms with Crippen LogP contribution in [-0.4, -0.2) is 77.7 Å². The largest absolute Gasteiger partial charge is 0.495 e. The van der Waals surface area contributed by atoms with Crippen LogP contribution in [0.1, 0.15) is 35.3 Å². The SMILES string of the molecule is COc1cc(C(=O)NC2CC2)ccc1NCC#Cc1nc2c(N[C@@H]3CCN(C)C[C@@H]3F)cccn2c1SC(F)(F)F. The fourth-order valence-electron chi connectivity index (χ4n) is 4.61. The Hall–Kier alpha value is -3.63. The molecule has 1 aliphatic carbocycles. The average molecular weight is 591 g/mol. The molecule has 1 aromatic carbocycles. The maximum absolute atomic E-state index is 14.7. The molecule has 5 rings (SSSR count). The number of imidazole rings is 1. The van der Waals surface area contributed by atoms with Gasteiger partial charge in [0.05, 0.1) is 31.1 Å². The second kappa shape index (κ2) is 12.1. The molecule has 1 amide bonds. The van der Waals surface area contributed by atoms with Crippen molar-refractivity contribution < 1.29 is 27.1 Å². The number of carbonyl (C=O) groups excluding carboxylic acids is 1. The van der Waals surface area contributed by atoms with Gasteiger partial charge in [0.1, 0.15) is 22.6 Å². The molecule has 0 spiro atoms. The lowest BCUT2D eigenvalue weighted by Crippen LogP contribution is -2.46. The number of carbonyl (C=O) groups is 1. The van der Waals surface area contributed by atoms with Crippen molar-refractivity contribution in [3.63, 3.8) is 0 Å². The number of benzene rings is 1. The lowest BCUT2D eigenvalue weighted by molar-refractivity contribution is -0.0330. The van der Waals surface area contributed by atoms with E-state index < -0.39 is 17.7 Å². The minimum atomic E-state index is -4.56. The van der Waals surface area contributed by atoms with Crippen LogP contribution in [0.15, 0.2) is 41.6 Å². The van der Waals surface area contributed by atoms with Gasteiger partial charge >= 0.3 is 5.51 Å². The van der Waals surface area contributed by atoms with Gasteiger partial charge in [0.15, 0.2) is 5.65 Å². The molecule has 0 radical (unpaired) electrons. The fraction of sp³-hybridized carbons (Fsp3) is 0.429. The predicted molar refractivity (Wildman–Crippen MR) is 150 cm³/mol. The zero-order valence-corrected chi connectivity index (χ0v) is 23.3.